The molecule has 2 N–H and O–H groups in total. The highest BCUT2D eigenvalue weighted by molar-refractivity contribution is 5.90. The summed E-state index contributed by atoms with van der Waals surface area (Å²) in [5.74, 6) is -0.931. The van der Waals surface area contributed by atoms with Gasteiger partial charge in [0.2, 0.25) is 0 Å². The number of rotatable bonds is 5. The number of carboxylic acid groups (broad SMARTS) is 1. The molecule has 0 aromatic heterocycles. The molecule has 0 spiro atoms. The van der Waals surface area contributed by atoms with Gasteiger partial charge >= 0.3 is 12.1 Å². The van der Waals surface area contributed by atoms with Gasteiger partial charge in [0, 0.05) is 6.54 Å². The van der Waals surface area contributed by atoms with Crippen LogP contribution in [-0.4, -0.2) is 29.3 Å². The lowest BCUT2D eigenvalue weighted by atomic mass is 10.0. The van der Waals surface area contributed by atoms with Gasteiger partial charge in [-0.2, -0.15) is 0 Å². The maximum atomic E-state index is 11.4. The van der Waals surface area contributed by atoms with Gasteiger partial charge in [-0.25, -0.2) is 9.59 Å². The van der Waals surface area contributed by atoms with E-state index in [0.717, 1.165) is 11.1 Å². The number of aromatic carboxylic acids is 1. The Morgan fingerprint density at radius 2 is 2.00 bits per heavy atom. The quantitative estimate of drug-likeness (QED) is 0.815. The Hall–Kier alpha value is -2.30. The molecule has 0 saturated heterocycles. The van der Waals surface area contributed by atoms with Crippen LogP contribution in [0.2, 0.25) is 0 Å². The monoisotopic (exact) mass is 305 g/mol. The van der Waals surface area contributed by atoms with Crippen molar-refractivity contribution in [1.82, 2.24) is 5.32 Å². The summed E-state index contributed by atoms with van der Waals surface area (Å²) in [6.45, 7) is 7.66. The second-order valence-corrected chi connectivity index (χ2v) is 6.00. The number of benzene rings is 1. The molecular formula is C17H23NO4. The average molecular weight is 305 g/mol. The number of aryl methyl sites for hydroxylation is 1. The smallest absolute Gasteiger partial charge is 0.407 e. The number of carbonyl (C=O) groups is 2. The summed E-state index contributed by atoms with van der Waals surface area (Å²) in [7, 11) is 0. The highest BCUT2D eigenvalue weighted by atomic mass is 16.6. The molecule has 0 aliphatic heterocycles. The summed E-state index contributed by atoms with van der Waals surface area (Å²) in [6.07, 6.45) is 3.91. The van der Waals surface area contributed by atoms with E-state index in [1.165, 1.54) is 0 Å². The second kappa shape index (κ2) is 7.64. The molecule has 0 radical (unpaired) electrons. The fraction of sp³-hybridized carbons (Fsp3) is 0.412. The molecule has 5 heteroatoms. The van der Waals surface area contributed by atoms with Gasteiger partial charge in [-0.05, 0) is 51.3 Å². The van der Waals surface area contributed by atoms with Crippen LogP contribution >= 0.6 is 0 Å². The Kier molecular flexibility index (Phi) is 6.16. The number of carboxylic acids is 1. The van der Waals surface area contributed by atoms with E-state index < -0.39 is 17.7 Å². The topological polar surface area (TPSA) is 75.6 Å². The van der Waals surface area contributed by atoms with Crippen molar-refractivity contribution in [3.05, 3.63) is 41.0 Å². The van der Waals surface area contributed by atoms with Gasteiger partial charge in [0.15, 0.2) is 0 Å². The van der Waals surface area contributed by atoms with Crippen molar-refractivity contribution in [2.75, 3.05) is 6.54 Å². The van der Waals surface area contributed by atoms with E-state index >= 15 is 0 Å². The third-order valence-corrected chi connectivity index (χ3v) is 2.78. The minimum atomic E-state index is -0.931. The number of carbonyl (C=O) groups excluding carboxylic acids is 1. The van der Waals surface area contributed by atoms with E-state index in [9.17, 15) is 9.59 Å². The number of hydrogen-bond acceptors (Lipinski definition) is 3. The summed E-state index contributed by atoms with van der Waals surface area (Å²) < 4.78 is 5.12. The van der Waals surface area contributed by atoms with Crippen LogP contribution in [0.5, 0.6) is 0 Å². The molecule has 0 unspecified atom stereocenters. The Morgan fingerprint density at radius 3 is 2.59 bits per heavy atom. The number of ether oxygens (including phenoxy) is 1. The van der Waals surface area contributed by atoms with E-state index in [2.05, 4.69) is 5.32 Å². The van der Waals surface area contributed by atoms with Crippen molar-refractivity contribution in [2.45, 2.75) is 39.7 Å². The summed E-state index contributed by atoms with van der Waals surface area (Å²) in [4.78, 5) is 22.5. The lowest BCUT2D eigenvalue weighted by Crippen LogP contribution is -2.32. The first kappa shape index (κ1) is 17.8. The van der Waals surface area contributed by atoms with Gasteiger partial charge in [-0.1, -0.05) is 24.3 Å². The van der Waals surface area contributed by atoms with Crippen LogP contribution < -0.4 is 5.32 Å². The molecule has 1 amide bonds. The van der Waals surface area contributed by atoms with Crippen LogP contribution in [0, 0.1) is 6.92 Å². The van der Waals surface area contributed by atoms with Crippen molar-refractivity contribution < 1.29 is 19.4 Å². The Morgan fingerprint density at radius 1 is 1.32 bits per heavy atom. The van der Waals surface area contributed by atoms with Crippen LogP contribution in [0.15, 0.2) is 24.3 Å². The predicted molar refractivity (Wildman–Crippen MR) is 86.0 cm³/mol. The first-order valence-corrected chi connectivity index (χ1v) is 7.16. The van der Waals surface area contributed by atoms with Gasteiger partial charge in [0.05, 0.1) is 5.56 Å². The van der Waals surface area contributed by atoms with Crippen LogP contribution in [0.3, 0.4) is 0 Å². The van der Waals surface area contributed by atoms with Crippen LogP contribution in [0.25, 0.3) is 6.08 Å². The Labute approximate surface area is 131 Å². The molecule has 0 atom stereocenters. The summed E-state index contributed by atoms with van der Waals surface area (Å²) in [5.41, 5.74) is 1.35. The Bertz CT molecular complexity index is 571. The highest BCUT2D eigenvalue weighted by Gasteiger charge is 2.15. The van der Waals surface area contributed by atoms with E-state index in [-0.39, 0.29) is 0 Å². The minimum absolute atomic E-state index is 0.300. The van der Waals surface area contributed by atoms with E-state index in [4.69, 9.17) is 9.84 Å². The molecule has 120 valence electrons. The number of amides is 1. The van der Waals surface area contributed by atoms with Crippen molar-refractivity contribution in [2.24, 2.45) is 0 Å². The third kappa shape index (κ3) is 6.43. The fourth-order valence-electron chi connectivity index (χ4n) is 1.76. The van der Waals surface area contributed by atoms with E-state index in [0.29, 0.717) is 18.5 Å². The molecule has 5 nitrogen and oxygen atoms in total. The molecule has 0 aliphatic carbocycles. The fourth-order valence-corrected chi connectivity index (χ4v) is 1.76. The van der Waals surface area contributed by atoms with Crippen molar-refractivity contribution in [1.29, 1.82) is 0 Å². The zero-order valence-corrected chi connectivity index (χ0v) is 13.5. The number of alkyl carbamates (subject to hydrolysis) is 1. The molecule has 0 saturated carbocycles. The number of hydrogen-bond donors (Lipinski definition) is 2. The maximum absolute atomic E-state index is 11.4. The van der Waals surface area contributed by atoms with Crippen molar-refractivity contribution in [3.63, 3.8) is 0 Å². The molecule has 1 rings (SSSR count). The second-order valence-electron chi connectivity index (χ2n) is 6.00. The normalized spacial score (nSPS) is 11.5. The van der Waals surface area contributed by atoms with Gasteiger partial charge < -0.3 is 15.2 Å². The zero-order valence-electron chi connectivity index (χ0n) is 13.5. The van der Waals surface area contributed by atoms with E-state index in [1.807, 2.05) is 39.0 Å². The largest absolute Gasteiger partial charge is 0.478 e. The van der Waals surface area contributed by atoms with Gasteiger partial charge in [0.25, 0.3) is 0 Å². The average Bonchev–Trinajstić information content (AvgIpc) is 2.37. The van der Waals surface area contributed by atoms with Crippen LogP contribution in [0.1, 0.15) is 48.7 Å². The molecule has 0 heterocycles. The van der Waals surface area contributed by atoms with Crippen LogP contribution in [-0.2, 0) is 4.74 Å². The summed E-state index contributed by atoms with van der Waals surface area (Å²) in [6, 6.07) is 5.27. The molecule has 1 aromatic rings. The molecule has 0 fully saturated rings. The number of nitrogens with one attached hydrogen (secondary N) is 1. The van der Waals surface area contributed by atoms with Gasteiger partial charge in [-0.3, -0.25) is 0 Å². The maximum Gasteiger partial charge on any atom is 0.407 e. The molecule has 22 heavy (non-hydrogen) atoms. The van der Waals surface area contributed by atoms with E-state index in [1.54, 1.807) is 19.1 Å². The van der Waals surface area contributed by atoms with Crippen LogP contribution in [0.4, 0.5) is 4.79 Å². The third-order valence-electron chi connectivity index (χ3n) is 2.78. The first-order chi connectivity index (χ1) is 10.2. The molecule has 0 bridgehead atoms. The Balaban J connectivity index is 2.45. The zero-order chi connectivity index (χ0) is 16.8. The predicted octanol–water partition coefficient (Wildman–Crippen LogP) is 3.62. The molecule has 0 aliphatic rings. The first-order valence-electron chi connectivity index (χ1n) is 7.16. The lowest BCUT2D eigenvalue weighted by molar-refractivity contribution is 0.0528. The summed E-state index contributed by atoms with van der Waals surface area (Å²) >= 11 is 0. The summed E-state index contributed by atoms with van der Waals surface area (Å²) in [5, 5.41) is 11.7. The SMILES string of the molecule is Cc1ccc(C=CCCNC(=O)OC(C)(C)C)cc1C(=O)O. The molecular weight excluding hydrogens is 282 g/mol. The molecule has 1 aromatic carbocycles. The van der Waals surface area contributed by atoms with Crippen molar-refractivity contribution in [3.8, 4) is 0 Å². The standard InChI is InChI=1S/C17H23NO4/c1-12-8-9-13(11-14(12)15(19)20)7-5-6-10-18-16(21)22-17(2,3)4/h5,7-9,11H,6,10H2,1-4H3,(H,18,21)(H,19,20). The van der Waals surface area contributed by atoms with Crippen molar-refractivity contribution >= 4 is 18.1 Å². The van der Waals surface area contributed by atoms with Gasteiger partial charge in [0.1, 0.15) is 5.60 Å². The minimum Gasteiger partial charge on any atom is -0.478 e. The lowest BCUT2D eigenvalue weighted by Gasteiger charge is -2.19. The van der Waals surface area contributed by atoms with Gasteiger partial charge in [-0.15, -0.1) is 0 Å². The highest BCUT2D eigenvalue weighted by Crippen LogP contribution is 2.13.